The fourth-order valence-corrected chi connectivity index (χ4v) is 1.58. The molecular formula is C13H26N6O3. The van der Waals surface area contributed by atoms with Crippen molar-refractivity contribution in [2.24, 2.45) is 0 Å². The number of ether oxygens (including phenoxy) is 2. The largest absolute Gasteiger partial charge is 0.385 e. The van der Waals surface area contributed by atoms with Crippen LogP contribution < -0.4 is 15.7 Å². The van der Waals surface area contributed by atoms with Gasteiger partial charge >= 0.3 is 0 Å². The first kappa shape index (κ1) is 18.3. The summed E-state index contributed by atoms with van der Waals surface area (Å²) in [7, 11) is 6.65. The molecule has 9 nitrogen and oxygen atoms in total. The molecule has 126 valence electrons. The van der Waals surface area contributed by atoms with Gasteiger partial charge in [-0.3, -0.25) is 4.84 Å². The molecule has 1 aromatic rings. The van der Waals surface area contributed by atoms with Crippen LogP contribution in [0.5, 0.6) is 0 Å². The summed E-state index contributed by atoms with van der Waals surface area (Å²) < 4.78 is 10.0. The molecule has 0 radical (unpaired) electrons. The fourth-order valence-electron chi connectivity index (χ4n) is 1.58. The Morgan fingerprint density at radius 2 is 1.36 bits per heavy atom. The van der Waals surface area contributed by atoms with Crippen molar-refractivity contribution < 1.29 is 14.3 Å². The van der Waals surface area contributed by atoms with Crippen LogP contribution in [0.2, 0.25) is 0 Å². The lowest BCUT2D eigenvalue weighted by Crippen LogP contribution is -2.21. The van der Waals surface area contributed by atoms with Gasteiger partial charge in [0.05, 0.1) is 7.11 Å². The molecule has 0 aromatic carbocycles. The molecule has 0 amide bonds. The van der Waals surface area contributed by atoms with Gasteiger partial charge in [0, 0.05) is 47.6 Å². The maximum atomic E-state index is 5.12. The number of hydrogen-bond acceptors (Lipinski definition) is 9. The van der Waals surface area contributed by atoms with Crippen LogP contribution in [0.1, 0.15) is 12.8 Å². The lowest BCUT2D eigenvalue weighted by atomic mass is 10.4. The van der Waals surface area contributed by atoms with Crippen LogP contribution in [-0.4, -0.2) is 69.6 Å². The van der Waals surface area contributed by atoms with Gasteiger partial charge in [-0.15, -0.1) is 0 Å². The summed E-state index contributed by atoms with van der Waals surface area (Å²) in [5, 5.41) is 7.78. The van der Waals surface area contributed by atoms with Crippen LogP contribution in [0.3, 0.4) is 0 Å². The third kappa shape index (κ3) is 6.83. The highest BCUT2D eigenvalue weighted by Crippen LogP contribution is 2.12. The summed E-state index contributed by atoms with van der Waals surface area (Å²) in [4.78, 5) is 18.1. The Bertz CT molecular complexity index is 391. The van der Waals surface area contributed by atoms with Crippen LogP contribution in [0.25, 0.3) is 0 Å². The maximum Gasteiger partial charge on any atom is 0.256 e. The van der Waals surface area contributed by atoms with Crippen LogP contribution in [-0.2, 0) is 14.3 Å². The van der Waals surface area contributed by atoms with Crippen molar-refractivity contribution in [3.8, 4) is 0 Å². The molecule has 0 aliphatic carbocycles. The Kier molecular flexibility index (Phi) is 9.12. The van der Waals surface area contributed by atoms with Gasteiger partial charge in [-0.1, -0.05) is 0 Å². The second-order valence-electron chi connectivity index (χ2n) is 4.51. The van der Waals surface area contributed by atoms with E-state index in [4.69, 9.17) is 14.3 Å². The second-order valence-corrected chi connectivity index (χ2v) is 4.51. The SMILES string of the molecule is COCCCNc1nc(NCCCOC)nc(N(C)OC)n1. The summed E-state index contributed by atoms with van der Waals surface area (Å²) >= 11 is 0. The smallest absolute Gasteiger partial charge is 0.256 e. The first-order chi connectivity index (χ1) is 10.7. The third-order valence-electron chi connectivity index (χ3n) is 2.80. The second kappa shape index (κ2) is 10.9. The average Bonchev–Trinajstić information content (AvgIpc) is 2.54. The summed E-state index contributed by atoms with van der Waals surface area (Å²) in [6.45, 7) is 2.81. The van der Waals surface area contributed by atoms with Gasteiger partial charge in [0.2, 0.25) is 11.9 Å². The zero-order chi connectivity index (χ0) is 16.2. The van der Waals surface area contributed by atoms with E-state index in [1.807, 2.05) is 0 Å². The fraction of sp³-hybridized carbons (Fsp3) is 0.769. The van der Waals surface area contributed by atoms with Crippen molar-refractivity contribution in [3.05, 3.63) is 0 Å². The highest BCUT2D eigenvalue weighted by atomic mass is 16.7. The predicted octanol–water partition coefficient (Wildman–Crippen LogP) is 0.766. The van der Waals surface area contributed by atoms with E-state index in [0.29, 0.717) is 31.1 Å². The molecule has 0 aliphatic rings. The molecule has 1 rings (SSSR count). The molecule has 0 aliphatic heterocycles. The summed E-state index contributed by atoms with van der Waals surface area (Å²) in [5.74, 6) is 1.43. The van der Waals surface area contributed by atoms with Crippen LogP contribution in [0.15, 0.2) is 0 Å². The molecule has 0 atom stereocenters. The number of aromatic nitrogens is 3. The molecule has 0 saturated carbocycles. The van der Waals surface area contributed by atoms with Crippen LogP contribution in [0.4, 0.5) is 17.8 Å². The number of rotatable bonds is 12. The van der Waals surface area contributed by atoms with Gasteiger partial charge in [0.1, 0.15) is 0 Å². The van der Waals surface area contributed by atoms with E-state index in [2.05, 4.69) is 25.6 Å². The summed E-state index contributed by atoms with van der Waals surface area (Å²) in [5.41, 5.74) is 0. The van der Waals surface area contributed by atoms with E-state index in [1.165, 1.54) is 5.06 Å². The van der Waals surface area contributed by atoms with Crippen molar-refractivity contribution in [1.29, 1.82) is 0 Å². The van der Waals surface area contributed by atoms with Gasteiger partial charge in [-0.2, -0.15) is 15.0 Å². The van der Waals surface area contributed by atoms with Crippen molar-refractivity contribution in [2.45, 2.75) is 12.8 Å². The number of hydroxylamine groups is 1. The Balaban J connectivity index is 2.68. The number of nitrogens with one attached hydrogen (secondary N) is 2. The quantitative estimate of drug-likeness (QED) is 0.428. The Labute approximate surface area is 131 Å². The molecule has 0 unspecified atom stereocenters. The molecule has 0 saturated heterocycles. The highest BCUT2D eigenvalue weighted by molar-refractivity contribution is 5.42. The summed E-state index contributed by atoms with van der Waals surface area (Å²) in [6, 6.07) is 0. The van der Waals surface area contributed by atoms with Crippen molar-refractivity contribution >= 4 is 17.8 Å². The minimum absolute atomic E-state index is 0.431. The van der Waals surface area contributed by atoms with E-state index < -0.39 is 0 Å². The van der Waals surface area contributed by atoms with E-state index in [-0.39, 0.29) is 0 Å². The van der Waals surface area contributed by atoms with Crippen molar-refractivity contribution in [3.63, 3.8) is 0 Å². The van der Waals surface area contributed by atoms with E-state index in [9.17, 15) is 0 Å². The standard InChI is InChI=1S/C13H26N6O3/c1-19(22-4)13-17-11(14-7-5-9-20-2)16-12(18-13)15-8-6-10-21-3/h5-10H2,1-4H3,(H2,14,15,16,17,18). The van der Waals surface area contributed by atoms with Gasteiger partial charge in [0.15, 0.2) is 0 Å². The summed E-state index contributed by atoms with van der Waals surface area (Å²) in [6.07, 6.45) is 1.74. The monoisotopic (exact) mass is 314 g/mol. The molecule has 0 spiro atoms. The zero-order valence-electron chi connectivity index (χ0n) is 13.8. The van der Waals surface area contributed by atoms with Crippen molar-refractivity contribution in [1.82, 2.24) is 15.0 Å². The van der Waals surface area contributed by atoms with Crippen molar-refractivity contribution in [2.75, 3.05) is 70.4 Å². The molecule has 1 heterocycles. The topological polar surface area (TPSA) is 93.7 Å². The molecule has 1 aromatic heterocycles. The minimum atomic E-state index is 0.431. The lowest BCUT2D eigenvalue weighted by molar-refractivity contribution is 0.180. The van der Waals surface area contributed by atoms with E-state index in [0.717, 1.165) is 25.9 Å². The van der Waals surface area contributed by atoms with Gasteiger partial charge in [-0.05, 0) is 12.8 Å². The first-order valence-corrected chi connectivity index (χ1v) is 7.20. The van der Waals surface area contributed by atoms with E-state index >= 15 is 0 Å². The van der Waals surface area contributed by atoms with Crippen LogP contribution in [0, 0.1) is 0 Å². The molecule has 2 N–H and O–H groups in total. The van der Waals surface area contributed by atoms with Crippen LogP contribution >= 0.6 is 0 Å². The molecule has 9 heteroatoms. The average molecular weight is 314 g/mol. The number of anilines is 3. The number of nitrogens with zero attached hydrogens (tertiary/aromatic N) is 4. The maximum absolute atomic E-state index is 5.12. The molecule has 0 bridgehead atoms. The molecular weight excluding hydrogens is 288 g/mol. The normalized spacial score (nSPS) is 10.5. The Hall–Kier alpha value is -1.71. The number of hydrogen-bond donors (Lipinski definition) is 2. The van der Waals surface area contributed by atoms with Gasteiger partial charge in [-0.25, -0.2) is 5.06 Å². The zero-order valence-corrected chi connectivity index (χ0v) is 13.8. The minimum Gasteiger partial charge on any atom is -0.385 e. The van der Waals surface area contributed by atoms with Gasteiger partial charge < -0.3 is 20.1 Å². The first-order valence-electron chi connectivity index (χ1n) is 7.20. The predicted molar refractivity (Wildman–Crippen MR) is 85.2 cm³/mol. The lowest BCUT2D eigenvalue weighted by Gasteiger charge is -2.16. The number of methoxy groups -OCH3 is 2. The molecule has 22 heavy (non-hydrogen) atoms. The van der Waals surface area contributed by atoms with Gasteiger partial charge in [0.25, 0.3) is 5.95 Å². The molecule has 0 fully saturated rings. The Morgan fingerprint density at radius 3 is 1.77 bits per heavy atom. The third-order valence-corrected chi connectivity index (χ3v) is 2.80. The Morgan fingerprint density at radius 1 is 0.864 bits per heavy atom. The van der Waals surface area contributed by atoms with E-state index in [1.54, 1.807) is 28.4 Å². The highest BCUT2D eigenvalue weighted by Gasteiger charge is 2.09.